The summed E-state index contributed by atoms with van der Waals surface area (Å²) in [6.07, 6.45) is 6.25. The van der Waals surface area contributed by atoms with Crippen LogP contribution in [0.3, 0.4) is 0 Å². The van der Waals surface area contributed by atoms with Crippen molar-refractivity contribution in [2.45, 2.75) is 39.5 Å². The molecule has 3 aromatic rings. The molecule has 0 aliphatic carbocycles. The summed E-state index contributed by atoms with van der Waals surface area (Å²) in [5, 5.41) is 0. The molecule has 28 heavy (non-hydrogen) atoms. The summed E-state index contributed by atoms with van der Waals surface area (Å²) in [5.74, 6) is 0.920. The zero-order valence-electron chi connectivity index (χ0n) is 16.9. The van der Waals surface area contributed by atoms with Crippen LogP contribution in [0.2, 0.25) is 0 Å². The highest BCUT2D eigenvalue weighted by atomic mass is 16.5. The van der Waals surface area contributed by atoms with Gasteiger partial charge in [-0.2, -0.15) is 0 Å². The van der Waals surface area contributed by atoms with Crippen molar-refractivity contribution in [2.24, 2.45) is 4.99 Å². The van der Waals surface area contributed by atoms with E-state index in [1.54, 1.807) is 0 Å². The largest absolute Gasteiger partial charge is 0.494 e. The van der Waals surface area contributed by atoms with Crippen molar-refractivity contribution in [3.05, 3.63) is 95.1 Å². The summed E-state index contributed by atoms with van der Waals surface area (Å²) >= 11 is 0. The van der Waals surface area contributed by atoms with E-state index in [0.29, 0.717) is 0 Å². The first-order chi connectivity index (χ1) is 13.7. The number of rotatable bonds is 9. The van der Waals surface area contributed by atoms with Crippen molar-refractivity contribution in [1.29, 1.82) is 0 Å². The van der Waals surface area contributed by atoms with Gasteiger partial charge in [0, 0.05) is 6.21 Å². The van der Waals surface area contributed by atoms with E-state index in [9.17, 15) is 0 Å². The number of nitrogens with zero attached hydrogens (tertiary/aromatic N) is 1. The predicted octanol–water partition coefficient (Wildman–Crippen LogP) is 6.71. The van der Waals surface area contributed by atoms with Crippen LogP contribution in [-0.2, 0) is 12.8 Å². The maximum absolute atomic E-state index is 5.69. The van der Waals surface area contributed by atoms with Gasteiger partial charge in [0.2, 0.25) is 0 Å². The maximum atomic E-state index is 5.69. The van der Waals surface area contributed by atoms with Crippen molar-refractivity contribution < 1.29 is 4.74 Å². The highest BCUT2D eigenvalue weighted by Crippen LogP contribution is 2.16. The Hall–Kier alpha value is -2.87. The number of aliphatic imine (C=N–C) groups is 1. The van der Waals surface area contributed by atoms with Gasteiger partial charge in [-0.15, -0.1) is 0 Å². The van der Waals surface area contributed by atoms with Crippen molar-refractivity contribution >= 4 is 11.9 Å². The molecule has 3 rings (SSSR count). The number of hydrogen-bond acceptors (Lipinski definition) is 2. The van der Waals surface area contributed by atoms with Crippen LogP contribution < -0.4 is 4.74 Å². The molecular weight excluding hydrogens is 342 g/mol. The summed E-state index contributed by atoms with van der Waals surface area (Å²) < 4.78 is 5.69. The van der Waals surface area contributed by atoms with Crippen LogP contribution in [0.4, 0.5) is 5.69 Å². The third kappa shape index (κ3) is 6.38. The van der Waals surface area contributed by atoms with Gasteiger partial charge < -0.3 is 4.74 Å². The van der Waals surface area contributed by atoms with Gasteiger partial charge in [0.15, 0.2) is 0 Å². The monoisotopic (exact) mass is 371 g/mol. The number of benzene rings is 3. The third-order valence-electron chi connectivity index (χ3n) is 4.77. The Kier molecular flexibility index (Phi) is 7.43. The smallest absolute Gasteiger partial charge is 0.119 e. The van der Waals surface area contributed by atoms with E-state index in [1.165, 1.54) is 16.7 Å². The highest BCUT2D eigenvalue weighted by Gasteiger charge is 1.98. The highest BCUT2D eigenvalue weighted by molar-refractivity contribution is 5.82. The van der Waals surface area contributed by atoms with Gasteiger partial charge >= 0.3 is 0 Å². The van der Waals surface area contributed by atoms with Crippen LogP contribution in [0.15, 0.2) is 77.8 Å². The molecule has 0 spiro atoms. The molecule has 2 heteroatoms. The topological polar surface area (TPSA) is 21.6 Å². The molecule has 0 saturated heterocycles. The SMILES string of the molecule is CCCCOc1ccc(C=Nc2ccc(CCc3ccc(C)cc3)cc2)cc1. The Morgan fingerprint density at radius 2 is 1.39 bits per heavy atom. The Labute approximate surface area is 168 Å². The van der Waals surface area contributed by atoms with Crippen molar-refractivity contribution in [2.75, 3.05) is 6.61 Å². The fourth-order valence-corrected chi connectivity index (χ4v) is 2.93. The fourth-order valence-electron chi connectivity index (χ4n) is 2.93. The van der Waals surface area contributed by atoms with Gasteiger partial charge in [-0.25, -0.2) is 0 Å². The van der Waals surface area contributed by atoms with Crippen LogP contribution >= 0.6 is 0 Å². The summed E-state index contributed by atoms with van der Waals surface area (Å²) in [7, 11) is 0. The Bertz CT molecular complexity index is 862. The van der Waals surface area contributed by atoms with Crippen LogP contribution in [0.5, 0.6) is 5.75 Å². The van der Waals surface area contributed by atoms with Gasteiger partial charge in [0.25, 0.3) is 0 Å². The molecule has 0 aromatic heterocycles. The minimum atomic E-state index is 0.778. The average molecular weight is 372 g/mol. The molecule has 0 N–H and O–H groups in total. The van der Waals surface area contributed by atoms with Crippen molar-refractivity contribution in [1.82, 2.24) is 0 Å². The zero-order valence-corrected chi connectivity index (χ0v) is 16.9. The van der Waals surface area contributed by atoms with E-state index in [-0.39, 0.29) is 0 Å². The van der Waals surface area contributed by atoms with E-state index in [4.69, 9.17) is 4.74 Å². The molecule has 3 aromatic carbocycles. The first kappa shape index (κ1) is 19.9. The lowest BCUT2D eigenvalue weighted by Gasteiger charge is -2.05. The average Bonchev–Trinajstić information content (AvgIpc) is 2.74. The Balaban J connectivity index is 1.51. The van der Waals surface area contributed by atoms with Crippen LogP contribution in [0, 0.1) is 6.92 Å². The molecule has 0 aliphatic heterocycles. The van der Waals surface area contributed by atoms with E-state index in [2.05, 4.69) is 67.4 Å². The number of aryl methyl sites for hydroxylation is 3. The van der Waals surface area contributed by atoms with Crippen molar-refractivity contribution in [3.8, 4) is 5.75 Å². The molecule has 0 amide bonds. The first-order valence-electron chi connectivity index (χ1n) is 10.1. The third-order valence-corrected chi connectivity index (χ3v) is 4.77. The molecule has 0 radical (unpaired) electrons. The van der Waals surface area contributed by atoms with Crippen molar-refractivity contribution in [3.63, 3.8) is 0 Å². The lowest BCUT2D eigenvalue weighted by atomic mass is 10.0. The van der Waals surface area contributed by atoms with E-state index in [1.807, 2.05) is 30.5 Å². The number of unbranched alkanes of at least 4 members (excludes halogenated alkanes) is 1. The zero-order chi connectivity index (χ0) is 19.6. The lowest BCUT2D eigenvalue weighted by Crippen LogP contribution is -1.96. The van der Waals surface area contributed by atoms with E-state index < -0.39 is 0 Å². The molecule has 0 unspecified atom stereocenters. The summed E-state index contributed by atoms with van der Waals surface area (Å²) in [5.41, 5.74) is 6.08. The normalized spacial score (nSPS) is 11.1. The quantitative estimate of drug-likeness (QED) is 0.302. The molecule has 0 aliphatic rings. The van der Waals surface area contributed by atoms with Crippen LogP contribution in [0.25, 0.3) is 0 Å². The predicted molar refractivity (Wildman–Crippen MR) is 119 cm³/mol. The molecular formula is C26H29NO. The molecule has 0 heterocycles. The number of ether oxygens (including phenoxy) is 1. The van der Waals surface area contributed by atoms with Gasteiger partial charge in [0.1, 0.15) is 5.75 Å². The minimum Gasteiger partial charge on any atom is -0.494 e. The van der Waals surface area contributed by atoms with Gasteiger partial charge in [-0.1, -0.05) is 55.3 Å². The fraction of sp³-hybridized carbons (Fsp3) is 0.269. The standard InChI is InChI=1S/C26H29NO/c1-3-4-19-28-26-17-13-24(14-18-26)20-27-25-15-11-23(12-16-25)10-9-22-7-5-21(2)6-8-22/h5-8,11-18,20H,3-4,9-10,19H2,1-2H3. The second kappa shape index (κ2) is 10.5. The summed E-state index contributed by atoms with van der Waals surface area (Å²) in [6, 6.07) is 25.4. The van der Waals surface area contributed by atoms with Crippen LogP contribution in [0.1, 0.15) is 42.0 Å². The minimum absolute atomic E-state index is 0.778. The molecule has 2 nitrogen and oxygen atoms in total. The summed E-state index contributed by atoms with van der Waals surface area (Å²) in [4.78, 5) is 4.58. The van der Waals surface area contributed by atoms with Gasteiger partial charge in [-0.05, 0) is 79.3 Å². The summed E-state index contributed by atoms with van der Waals surface area (Å²) in [6.45, 7) is 5.07. The number of hydrogen-bond donors (Lipinski definition) is 0. The molecule has 0 atom stereocenters. The maximum Gasteiger partial charge on any atom is 0.119 e. The van der Waals surface area contributed by atoms with E-state index in [0.717, 1.165) is 49.3 Å². The Morgan fingerprint density at radius 1 is 0.786 bits per heavy atom. The Morgan fingerprint density at radius 3 is 2.00 bits per heavy atom. The molecule has 144 valence electrons. The molecule has 0 saturated carbocycles. The lowest BCUT2D eigenvalue weighted by molar-refractivity contribution is 0.309. The second-order valence-corrected chi connectivity index (χ2v) is 7.18. The molecule has 0 bridgehead atoms. The van der Waals surface area contributed by atoms with E-state index >= 15 is 0 Å². The first-order valence-corrected chi connectivity index (χ1v) is 10.1. The molecule has 0 fully saturated rings. The second-order valence-electron chi connectivity index (χ2n) is 7.18. The van der Waals surface area contributed by atoms with Gasteiger partial charge in [0.05, 0.1) is 12.3 Å². The van der Waals surface area contributed by atoms with Crippen LogP contribution in [-0.4, -0.2) is 12.8 Å². The van der Waals surface area contributed by atoms with Gasteiger partial charge in [-0.3, -0.25) is 4.99 Å².